The second-order valence-corrected chi connectivity index (χ2v) is 8.54. The minimum Gasteiger partial charge on any atom is -0.320 e. The molecule has 4 nitrogen and oxygen atoms in total. The molecular weight excluding hydrogens is 350 g/mol. The lowest BCUT2D eigenvalue weighted by atomic mass is 10.2. The number of hydrogen-bond acceptors (Lipinski definition) is 4. The molecule has 0 aromatic heterocycles. The van der Waals surface area contributed by atoms with Crippen molar-refractivity contribution in [3.05, 3.63) is 34.3 Å². The van der Waals surface area contributed by atoms with Crippen molar-refractivity contribution < 1.29 is 13.2 Å². The van der Waals surface area contributed by atoms with Gasteiger partial charge in [0.05, 0.1) is 5.56 Å². The number of sulfone groups is 1. The van der Waals surface area contributed by atoms with E-state index >= 15 is 0 Å². The van der Waals surface area contributed by atoms with Crippen molar-refractivity contribution in [3.63, 3.8) is 0 Å². The molecule has 0 radical (unpaired) electrons. The standard InChI is InChI=1S/C12H14BrNO3S2/c1-19(16,17)11-8-18-7-6-14(11)12(15)9-4-2-3-5-10(9)13/h2-5,11H,6-8H2,1H3. The van der Waals surface area contributed by atoms with Crippen LogP contribution in [-0.2, 0) is 9.84 Å². The molecule has 1 amide bonds. The van der Waals surface area contributed by atoms with Crippen LogP contribution in [-0.4, -0.2) is 48.9 Å². The molecule has 2 rings (SSSR count). The molecule has 1 saturated heterocycles. The Morgan fingerprint density at radius 2 is 2.11 bits per heavy atom. The van der Waals surface area contributed by atoms with Crippen molar-refractivity contribution in [2.24, 2.45) is 0 Å². The summed E-state index contributed by atoms with van der Waals surface area (Å²) < 4.78 is 24.3. The van der Waals surface area contributed by atoms with Gasteiger partial charge in [-0.1, -0.05) is 12.1 Å². The van der Waals surface area contributed by atoms with E-state index in [1.807, 2.05) is 6.07 Å². The average Bonchev–Trinajstić information content (AvgIpc) is 2.37. The van der Waals surface area contributed by atoms with Crippen molar-refractivity contribution in [1.82, 2.24) is 4.90 Å². The molecule has 1 aromatic carbocycles. The third kappa shape index (κ3) is 3.32. The molecule has 1 atom stereocenters. The van der Waals surface area contributed by atoms with Crippen molar-refractivity contribution in [3.8, 4) is 0 Å². The maximum Gasteiger partial charge on any atom is 0.256 e. The highest BCUT2D eigenvalue weighted by atomic mass is 79.9. The number of carbonyl (C=O) groups is 1. The lowest BCUT2D eigenvalue weighted by Gasteiger charge is -2.34. The molecule has 1 aliphatic heterocycles. The number of benzene rings is 1. The Hall–Kier alpha value is -0.530. The van der Waals surface area contributed by atoms with Gasteiger partial charge in [-0.25, -0.2) is 8.42 Å². The molecule has 0 bridgehead atoms. The van der Waals surface area contributed by atoms with Gasteiger partial charge in [-0.2, -0.15) is 11.8 Å². The second kappa shape index (κ2) is 5.85. The summed E-state index contributed by atoms with van der Waals surface area (Å²) >= 11 is 4.90. The quantitative estimate of drug-likeness (QED) is 0.806. The van der Waals surface area contributed by atoms with Gasteiger partial charge in [-0.05, 0) is 28.1 Å². The Morgan fingerprint density at radius 3 is 2.74 bits per heavy atom. The summed E-state index contributed by atoms with van der Waals surface area (Å²) in [6.07, 6.45) is 1.18. The molecular formula is C12H14BrNO3S2. The van der Waals surface area contributed by atoms with Crippen LogP contribution in [0, 0.1) is 0 Å². The molecule has 104 valence electrons. The van der Waals surface area contributed by atoms with Crippen LogP contribution in [0.4, 0.5) is 0 Å². The van der Waals surface area contributed by atoms with Crippen molar-refractivity contribution >= 4 is 43.4 Å². The number of carbonyl (C=O) groups excluding carboxylic acids is 1. The first kappa shape index (κ1) is 14.9. The Labute approximate surface area is 125 Å². The van der Waals surface area contributed by atoms with Gasteiger partial charge in [0.25, 0.3) is 5.91 Å². The van der Waals surface area contributed by atoms with E-state index in [9.17, 15) is 13.2 Å². The van der Waals surface area contributed by atoms with E-state index in [1.54, 1.807) is 30.0 Å². The molecule has 1 fully saturated rings. The third-order valence-corrected chi connectivity index (χ3v) is 6.28. The highest BCUT2D eigenvalue weighted by molar-refractivity contribution is 9.10. The van der Waals surface area contributed by atoms with Gasteiger partial charge < -0.3 is 4.90 Å². The van der Waals surface area contributed by atoms with Gasteiger partial charge in [0.15, 0.2) is 9.84 Å². The molecule has 0 N–H and O–H groups in total. The van der Waals surface area contributed by atoms with E-state index in [-0.39, 0.29) is 5.91 Å². The summed E-state index contributed by atoms with van der Waals surface area (Å²) in [7, 11) is -3.27. The van der Waals surface area contributed by atoms with Gasteiger partial charge in [-0.15, -0.1) is 0 Å². The monoisotopic (exact) mass is 363 g/mol. The molecule has 0 spiro atoms. The summed E-state index contributed by atoms with van der Waals surface area (Å²) in [4.78, 5) is 14.0. The summed E-state index contributed by atoms with van der Waals surface area (Å²) in [6.45, 7) is 0.461. The number of hydrogen-bond donors (Lipinski definition) is 0. The minimum atomic E-state index is -3.27. The summed E-state index contributed by atoms with van der Waals surface area (Å²) in [6, 6.07) is 7.07. The Morgan fingerprint density at radius 1 is 1.42 bits per heavy atom. The van der Waals surface area contributed by atoms with Gasteiger partial charge in [0.2, 0.25) is 0 Å². The molecule has 0 aliphatic carbocycles. The molecule has 1 unspecified atom stereocenters. The van der Waals surface area contributed by atoms with E-state index in [2.05, 4.69) is 15.9 Å². The smallest absolute Gasteiger partial charge is 0.256 e. The Bertz CT molecular complexity index is 588. The summed E-state index contributed by atoms with van der Waals surface area (Å²) in [5.41, 5.74) is 0.503. The maximum atomic E-state index is 12.5. The minimum absolute atomic E-state index is 0.233. The first-order valence-electron chi connectivity index (χ1n) is 5.73. The van der Waals surface area contributed by atoms with Crippen LogP contribution in [0.15, 0.2) is 28.7 Å². The van der Waals surface area contributed by atoms with Crippen LogP contribution in [0.25, 0.3) is 0 Å². The molecule has 0 saturated carbocycles. The average molecular weight is 364 g/mol. The van der Waals surface area contributed by atoms with E-state index in [0.29, 0.717) is 22.3 Å². The molecule has 1 aromatic rings. The number of halogens is 1. The molecule has 7 heteroatoms. The van der Waals surface area contributed by atoms with Crippen LogP contribution in [0.3, 0.4) is 0 Å². The van der Waals surface area contributed by atoms with Gasteiger partial charge in [0, 0.05) is 28.8 Å². The van der Waals surface area contributed by atoms with Crippen LogP contribution in [0.2, 0.25) is 0 Å². The van der Waals surface area contributed by atoms with E-state index in [4.69, 9.17) is 0 Å². The van der Waals surface area contributed by atoms with Crippen molar-refractivity contribution in [1.29, 1.82) is 0 Å². The fourth-order valence-electron chi connectivity index (χ4n) is 1.96. The van der Waals surface area contributed by atoms with Crippen LogP contribution in [0.5, 0.6) is 0 Å². The fraction of sp³-hybridized carbons (Fsp3) is 0.417. The summed E-state index contributed by atoms with van der Waals surface area (Å²) in [5.74, 6) is 0.972. The zero-order valence-electron chi connectivity index (χ0n) is 10.4. The largest absolute Gasteiger partial charge is 0.320 e. The highest BCUT2D eigenvalue weighted by Crippen LogP contribution is 2.25. The van der Waals surface area contributed by atoms with Gasteiger partial charge >= 0.3 is 0 Å². The fourth-order valence-corrected chi connectivity index (χ4v) is 5.23. The van der Waals surface area contributed by atoms with Crippen LogP contribution >= 0.6 is 27.7 Å². The Balaban J connectivity index is 2.34. The molecule has 1 heterocycles. The maximum absolute atomic E-state index is 12.5. The normalized spacial score (nSPS) is 20.3. The molecule has 1 aliphatic rings. The predicted molar refractivity (Wildman–Crippen MR) is 81.1 cm³/mol. The summed E-state index contributed by atoms with van der Waals surface area (Å²) in [5, 5.41) is -0.731. The lowest BCUT2D eigenvalue weighted by Crippen LogP contribution is -2.49. The number of nitrogens with zero attached hydrogens (tertiary/aromatic N) is 1. The zero-order valence-corrected chi connectivity index (χ0v) is 13.6. The number of thioether (sulfide) groups is 1. The van der Waals surface area contributed by atoms with Gasteiger partial charge in [-0.3, -0.25) is 4.79 Å². The van der Waals surface area contributed by atoms with Crippen molar-refractivity contribution in [2.75, 3.05) is 24.3 Å². The highest BCUT2D eigenvalue weighted by Gasteiger charge is 2.35. The Kier molecular flexibility index (Phi) is 4.58. The van der Waals surface area contributed by atoms with Crippen LogP contribution < -0.4 is 0 Å². The third-order valence-electron chi connectivity index (χ3n) is 2.94. The van der Waals surface area contributed by atoms with Crippen molar-refractivity contribution in [2.45, 2.75) is 5.37 Å². The number of rotatable bonds is 2. The van der Waals surface area contributed by atoms with E-state index in [0.717, 1.165) is 5.75 Å². The lowest BCUT2D eigenvalue weighted by molar-refractivity contribution is 0.0748. The van der Waals surface area contributed by atoms with Crippen LogP contribution in [0.1, 0.15) is 10.4 Å². The van der Waals surface area contributed by atoms with E-state index < -0.39 is 15.2 Å². The zero-order chi connectivity index (χ0) is 14.0. The first-order chi connectivity index (χ1) is 8.91. The first-order valence-corrected chi connectivity index (χ1v) is 9.63. The van der Waals surface area contributed by atoms with Gasteiger partial charge in [0.1, 0.15) is 5.37 Å². The second-order valence-electron chi connectivity index (χ2n) is 4.34. The predicted octanol–water partition coefficient (Wildman–Crippen LogP) is 2.01. The molecule has 19 heavy (non-hydrogen) atoms. The SMILES string of the molecule is CS(=O)(=O)C1CSCCN1C(=O)c1ccccc1Br. The number of amides is 1. The van der Waals surface area contributed by atoms with E-state index in [1.165, 1.54) is 11.2 Å². The topological polar surface area (TPSA) is 54.5 Å².